The van der Waals surface area contributed by atoms with E-state index in [2.05, 4.69) is 22.9 Å². The number of rotatable bonds is 4. The van der Waals surface area contributed by atoms with Gasteiger partial charge in [0.15, 0.2) is 0 Å². The van der Waals surface area contributed by atoms with Crippen molar-refractivity contribution in [2.75, 3.05) is 7.11 Å². The normalized spacial score (nSPS) is 14.6. The summed E-state index contributed by atoms with van der Waals surface area (Å²) in [5, 5.41) is 10.2. The van der Waals surface area contributed by atoms with E-state index < -0.39 is 6.10 Å². The molecule has 0 saturated heterocycles. The second-order valence-electron chi connectivity index (χ2n) is 4.17. The summed E-state index contributed by atoms with van der Waals surface area (Å²) in [6.07, 6.45) is 0.465. The van der Waals surface area contributed by atoms with Crippen LogP contribution in [0.3, 0.4) is 0 Å². The molecule has 0 heterocycles. The highest BCUT2D eigenvalue weighted by Crippen LogP contribution is 2.35. The van der Waals surface area contributed by atoms with E-state index in [4.69, 9.17) is 4.74 Å². The fraction of sp³-hybridized carbons (Fsp3) is 0.538. The Kier molecular flexibility index (Phi) is 4.81. The van der Waals surface area contributed by atoms with Gasteiger partial charge in [-0.05, 0) is 30.5 Å². The maximum Gasteiger partial charge on any atom is 0.125 e. The molecular weight excluding hydrogens is 268 g/mol. The summed E-state index contributed by atoms with van der Waals surface area (Å²) in [6.45, 7) is 6.12. The van der Waals surface area contributed by atoms with Gasteiger partial charge in [0.2, 0.25) is 0 Å². The first-order valence-corrected chi connectivity index (χ1v) is 6.32. The highest BCUT2D eigenvalue weighted by Gasteiger charge is 2.19. The van der Waals surface area contributed by atoms with Crippen LogP contribution in [-0.2, 0) is 0 Å². The van der Waals surface area contributed by atoms with Crippen LogP contribution in [0.15, 0.2) is 16.6 Å². The summed E-state index contributed by atoms with van der Waals surface area (Å²) in [7, 11) is 1.63. The van der Waals surface area contributed by atoms with E-state index in [0.717, 1.165) is 27.8 Å². The van der Waals surface area contributed by atoms with Gasteiger partial charge in [0.05, 0.1) is 13.2 Å². The van der Waals surface area contributed by atoms with Gasteiger partial charge < -0.3 is 9.84 Å². The lowest BCUT2D eigenvalue weighted by molar-refractivity contribution is 0.112. The fourth-order valence-corrected chi connectivity index (χ4v) is 1.97. The maximum absolute atomic E-state index is 10.2. The van der Waals surface area contributed by atoms with Gasteiger partial charge >= 0.3 is 0 Å². The Morgan fingerprint density at radius 1 is 1.44 bits per heavy atom. The molecule has 0 spiro atoms. The first-order valence-electron chi connectivity index (χ1n) is 5.53. The largest absolute Gasteiger partial charge is 0.496 e. The minimum absolute atomic E-state index is 0.225. The van der Waals surface area contributed by atoms with Gasteiger partial charge in [-0.3, -0.25) is 0 Å². The van der Waals surface area contributed by atoms with Crippen molar-refractivity contribution in [2.24, 2.45) is 5.92 Å². The Labute approximate surface area is 106 Å². The summed E-state index contributed by atoms with van der Waals surface area (Å²) in [6, 6.07) is 3.90. The average molecular weight is 287 g/mol. The number of hydrogen-bond donors (Lipinski definition) is 1. The molecule has 16 heavy (non-hydrogen) atoms. The monoisotopic (exact) mass is 286 g/mol. The topological polar surface area (TPSA) is 29.5 Å². The molecule has 0 aliphatic heterocycles. The molecule has 1 N–H and O–H groups in total. The van der Waals surface area contributed by atoms with Gasteiger partial charge in [-0.15, -0.1) is 0 Å². The molecule has 0 amide bonds. The Morgan fingerprint density at radius 3 is 2.56 bits per heavy atom. The number of aliphatic hydroxyl groups excluding tert-OH is 1. The first kappa shape index (κ1) is 13.5. The molecule has 2 atom stereocenters. The molecule has 90 valence electrons. The number of hydrogen-bond acceptors (Lipinski definition) is 2. The molecule has 2 unspecified atom stereocenters. The van der Waals surface area contributed by atoms with E-state index in [0.29, 0.717) is 0 Å². The van der Waals surface area contributed by atoms with Crippen LogP contribution >= 0.6 is 15.9 Å². The lowest BCUT2D eigenvalue weighted by atomic mass is 9.94. The van der Waals surface area contributed by atoms with Gasteiger partial charge in [0.1, 0.15) is 5.75 Å². The predicted molar refractivity (Wildman–Crippen MR) is 69.8 cm³/mol. The zero-order valence-corrected chi connectivity index (χ0v) is 11.8. The molecule has 2 nitrogen and oxygen atoms in total. The molecule has 0 radical (unpaired) electrons. The lowest BCUT2D eigenvalue weighted by Gasteiger charge is -2.21. The van der Waals surface area contributed by atoms with E-state index in [1.807, 2.05) is 26.0 Å². The van der Waals surface area contributed by atoms with Gasteiger partial charge in [0, 0.05) is 10.0 Å². The van der Waals surface area contributed by atoms with Crippen LogP contribution in [0, 0.1) is 12.8 Å². The van der Waals surface area contributed by atoms with Crippen LogP contribution < -0.4 is 4.74 Å². The summed E-state index contributed by atoms with van der Waals surface area (Å²) >= 11 is 3.48. The van der Waals surface area contributed by atoms with Crippen molar-refractivity contribution in [1.82, 2.24) is 0 Å². The summed E-state index contributed by atoms with van der Waals surface area (Å²) in [5.41, 5.74) is 1.96. The Bertz CT molecular complexity index is 363. The molecule has 0 fully saturated rings. The van der Waals surface area contributed by atoms with E-state index in [-0.39, 0.29) is 5.92 Å². The van der Waals surface area contributed by atoms with Crippen molar-refractivity contribution in [3.05, 3.63) is 27.7 Å². The highest BCUT2D eigenvalue weighted by molar-refractivity contribution is 9.10. The number of methoxy groups -OCH3 is 1. The minimum Gasteiger partial charge on any atom is -0.496 e. The van der Waals surface area contributed by atoms with Crippen molar-refractivity contribution in [1.29, 1.82) is 0 Å². The Balaban J connectivity index is 3.16. The van der Waals surface area contributed by atoms with Crippen LogP contribution in [0.4, 0.5) is 0 Å². The zero-order chi connectivity index (χ0) is 12.3. The molecule has 0 aliphatic carbocycles. The van der Waals surface area contributed by atoms with E-state index in [9.17, 15) is 5.11 Å². The van der Waals surface area contributed by atoms with E-state index >= 15 is 0 Å². The molecule has 0 bridgehead atoms. The van der Waals surface area contributed by atoms with Gasteiger partial charge in [-0.2, -0.15) is 0 Å². The van der Waals surface area contributed by atoms with Gasteiger partial charge in [-0.25, -0.2) is 0 Å². The van der Waals surface area contributed by atoms with Crippen LogP contribution in [0.5, 0.6) is 5.75 Å². The first-order chi connectivity index (χ1) is 7.51. The van der Waals surface area contributed by atoms with Crippen molar-refractivity contribution < 1.29 is 9.84 Å². The van der Waals surface area contributed by atoms with Gasteiger partial charge in [-0.1, -0.05) is 36.2 Å². The van der Waals surface area contributed by atoms with Crippen LogP contribution in [-0.4, -0.2) is 12.2 Å². The van der Waals surface area contributed by atoms with Crippen molar-refractivity contribution in [3.8, 4) is 5.75 Å². The number of ether oxygens (including phenoxy) is 1. The summed E-state index contributed by atoms with van der Waals surface area (Å²) in [4.78, 5) is 0. The van der Waals surface area contributed by atoms with Crippen molar-refractivity contribution in [3.63, 3.8) is 0 Å². The van der Waals surface area contributed by atoms with Crippen LogP contribution in [0.2, 0.25) is 0 Å². The van der Waals surface area contributed by atoms with E-state index in [1.54, 1.807) is 7.11 Å². The van der Waals surface area contributed by atoms with Crippen molar-refractivity contribution >= 4 is 15.9 Å². The molecule has 0 aliphatic rings. The smallest absolute Gasteiger partial charge is 0.125 e. The number of halogens is 1. The maximum atomic E-state index is 10.2. The minimum atomic E-state index is -0.475. The molecule has 0 aromatic heterocycles. The van der Waals surface area contributed by atoms with Crippen LogP contribution in [0.1, 0.15) is 37.5 Å². The molecular formula is C13H19BrO2. The lowest BCUT2D eigenvalue weighted by Crippen LogP contribution is -2.10. The highest BCUT2D eigenvalue weighted by atomic mass is 79.9. The van der Waals surface area contributed by atoms with E-state index in [1.165, 1.54) is 0 Å². The second-order valence-corrected chi connectivity index (χ2v) is 5.03. The third-order valence-electron chi connectivity index (χ3n) is 3.01. The van der Waals surface area contributed by atoms with Gasteiger partial charge in [0.25, 0.3) is 0 Å². The molecule has 0 saturated carbocycles. The number of aliphatic hydroxyl groups is 1. The number of aryl methyl sites for hydroxylation is 1. The summed E-state index contributed by atoms with van der Waals surface area (Å²) < 4.78 is 6.32. The third-order valence-corrected chi connectivity index (χ3v) is 3.87. The Hall–Kier alpha value is -0.540. The Morgan fingerprint density at radius 2 is 2.06 bits per heavy atom. The predicted octanol–water partition coefficient (Wildman–Crippen LogP) is 3.85. The number of benzene rings is 1. The SMILES string of the molecule is CCC(C)C(O)c1cc(Br)c(C)cc1OC. The third kappa shape index (κ3) is 2.77. The standard InChI is InChI=1S/C13H19BrO2/c1-5-8(2)13(15)10-7-11(14)9(3)6-12(10)16-4/h6-8,13,15H,5H2,1-4H3. The van der Waals surface area contributed by atoms with Crippen LogP contribution in [0.25, 0.3) is 0 Å². The molecule has 1 rings (SSSR count). The fourth-order valence-electron chi connectivity index (χ4n) is 1.61. The summed E-state index contributed by atoms with van der Waals surface area (Å²) in [5.74, 6) is 0.983. The zero-order valence-electron chi connectivity index (χ0n) is 10.2. The quantitative estimate of drug-likeness (QED) is 0.911. The second kappa shape index (κ2) is 5.69. The van der Waals surface area contributed by atoms with Crippen molar-refractivity contribution in [2.45, 2.75) is 33.3 Å². The molecule has 1 aromatic carbocycles. The molecule has 1 aromatic rings. The average Bonchev–Trinajstić information content (AvgIpc) is 2.30. The molecule has 3 heteroatoms.